The van der Waals surface area contributed by atoms with Gasteiger partial charge in [-0.1, -0.05) is 42.5 Å². The van der Waals surface area contributed by atoms with Crippen LogP contribution in [0.1, 0.15) is 21.5 Å². The number of benzene rings is 3. The molecule has 0 heterocycles. The zero-order valence-corrected chi connectivity index (χ0v) is 15.3. The van der Waals surface area contributed by atoms with Crippen molar-refractivity contribution >= 4 is 17.9 Å². The van der Waals surface area contributed by atoms with E-state index in [4.69, 9.17) is 9.47 Å². The molecule has 0 saturated heterocycles. The van der Waals surface area contributed by atoms with Gasteiger partial charge in [-0.05, 0) is 35.9 Å². The number of alkyl halides is 3. The lowest BCUT2D eigenvalue weighted by Crippen LogP contribution is -2.05. The lowest BCUT2D eigenvalue weighted by Gasteiger charge is -2.14. The van der Waals surface area contributed by atoms with Crippen LogP contribution in [0.2, 0.25) is 0 Å². The molecule has 0 aliphatic rings. The summed E-state index contributed by atoms with van der Waals surface area (Å²) in [4.78, 5) is 16.1. The van der Waals surface area contributed by atoms with E-state index in [1.165, 1.54) is 31.5 Å². The van der Waals surface area contributed by atoms with Crippen molar-refractivity contribution in [2.24, 2.45) is 4.99 Å². The van der Waals surface area contributed by atoms with Gasteiger partial charge < -0.3 is 9.47 Å². The normalized spacial score (nSPS) is 11.4. The summed E-state index contributed by atoms with van der Waals surface area (Å²) < 4.78 is 49.9. The van der Waals surface area contributed by atoms with Crippen LogP contribution >= 0.6 is 0 Å². The van der Waals surface area contributed by atoms with E-state index in [2.05, 4.69) is 4.99 Å². The van der Waals surface area contributed by atoms with E-state index in [0.29, 0.717) is 5.56 Å². The smallest absolute Gasteiger partial charge is 0.416 e. The predicted molar refractivity (Wildman–Crippen MR) is 103 cm³/mol. The minimum absolute atomic E-state index is 0.0247. The van der Waals surface area contributed by atoms with Crippen molar-refractivity contribution in [2.75, 3.05) is 7.11 Å². The van der Waals surface area contributed by atoms with Crippen LogP contribution in [0.25, 0.3) is 0 Å². The van der Waals surface area contributed by atoms with E-state index in [1.54, 1.807) is 36.4 Å². The molecule has 0 atom stereocenters. The first-order valence-electron chi connectivity index (χ1n) is 8.54. The fourth-order valence-electron chi connectivity index (χ4n) is 2.52. The Morgan fingerprint density at radius 3 is 2.31 bits per heavy atom. The Morgan fingerprint density at radius 1 is 0.931 bits per heavy atom. The van der Waals surface area contributed by atoms with E-state index in [1.807, 2.05) is 6.07 Å². The molecule has 0 bridgehead atoms. The molecule has 3 aromatic carbocycles. The summed E-state index contributed by atoms with van der Waals surface area (Å²) in [5.74, 6) is -0.404. The van der Waals surface area contributed by atoms with E-state index in [0.717, 1.165) is 12.1 Å². The highest BCUT2D eigenvalue weighted by molar-refractivity contribution is 5.92. The minimum Gasteiger partial charge on any atom is -0.465 e. The van der Waals surface area contributed by atoms with Crippen LogP contribution in [0.15, 0.2) is 77.8 Å². The van der Waals surface area contributed by atoms with Crippen LogP contribution in [-0.4, -0.2) is 19.3 Å². The second kappa shape index (κ2) is 8.60. The van der Waals surface area contributed by atoms with Gasteiger partial charge in [0.05, 0.1) is 12.7 Å². The minimum atomic E-state index is -4.53. The molecule has 148 valence electrons. The number of ether oxygens (including phenoxy) is 2. The maximum absolute atomic E-state index is 13.2. The average molecular weight is 399 g/mol. The lowest BCUT2D eigenvalue weighted by atomic mass is 10.1. The number of hydrogen-bond donors (Lipinski definition) is 0. The van der Waals surface area contributed by atoms with Crippen molar-refractivity contribution in [3.8, 4) is 11.5 Å². The van der Waals surface area contributed by atoms with Crippen molar-refractivity contribution in [1.29, 1.82) is 0 Å². The molecule has 0 spiro atoms. The number of hydrogen-bond acceptors (Lipinski definition) is 4. The largest absolute Gasteiger partial charge is 0.465 e. The molecule has 3 aromatic rings. The third kappa shape index (κ3) is 5.01. The highest BCUT2D eigenvalue weighted by Gasteiger charge is 2.31. The Hall–Kier alpha value is -3.61. The Bertz CT molecular complexity index is 1030. The molecule has 29 heavy (non-hydrogen) atoms. The highest BCUT2D eigenvalue weighted by Crippen LogP contribution is 2.39. The van der Waals surface area contributed by atoms with Crippen LogP contribution in [0.5, 0.6) is 11.5 Å². The summed E-state index contributed by atoms with van der Waals surface area (Å²) in [7, 11) is 1.23. The fourth-order valence-corrected chi connectivity index (χ4v) is 2.52. The molecule has 0 amide bonds. The highest BCUT2D eigenvalue weighted by atomic mass is 19.4. The van der Waals surface area contributed by atoms with Crippen molar-refractivity contribution < 1.29 is 27.4 Å². The third-order valence-electron chi connectivity index (χ3n) is 3.95. The molecule has 0 aliphatic carbocycles. The zero-order valence-electron chi connectivity index (χ0n) is 15.3. The first-order chi connectivity index (χ1) is 13.9. The van der Waals surface area contributed by atoms with Gasteiger partial charge in [0.2, 0.25) is 0 Å². The number of methoxy groups -OCH3 is 1. The van der Waals surface area contributed by atoms with E-state index >= 15 is 0 Å². The van der Waals surface area contributed by atoms with Gasteiger partial charge >= 0.3 is 12.1 Å². The topological polar surface area (TPSA) is 47.9 Å². The zero-order chi connectivity index (χ0) is 20.9. The van der Waals surface area contributed by atoms with Crippen molar-refractivity contribution in [3.63, 3.8) is 0 Å². The maximum atomic E-state index is 13.2. The Balaban J connectivity index is 2.02. The number of para-hydroxylation sites is 1. The van der Waals surface area contributed by atoms with Crippen LogP contribution in [0.3, 0.4) is 0 Å². The van der Waals surface area contributed by atoms with Crippen molar-refractivity contribution in [2.45, 2.75) is 6.18 Å². The monoisotopic (exact) mass is 399 g/mol. The molecule has 0 fully saturated rings. The van der Waals surface area contributed by atoms with Gasteiger partial charge in [-0.2, -0.15) is 13.2 Å². The SMILES string of the molecule is COC(=O)c1ccccc1Oc1ccc(C(F)(F)F)cc1N=Cc1ccccc1. The molecule has 0 N–H and O–H groups in total. The lowest BCUT2D eigenvalue weighted by molar-refractivity contribution is -0.137. The number of carbonyl (C=O) groups is 1. The first-order valence-corrected chi connectivity index (χ1v) is 8.54. The number of halogens is 3. The number of aliphatic imine (C=N–C) groups is 1. The number of nitrogens with zero attached hydrogens (tertiary/aromatic N) is 1. The van der Waals surface area contributed by atoms with Crippen LogP contribution in [0.4, 0.5) is 18.9 Å². The molecule has 0 saturated carbocycles. The van der Waals surface area contributed by atoms with E-state index < -0.39 is 17.7 Å². The van der Waals surface area contributed by atoms with Gasteiger partial charge in [0.15, 0.2) is 5.75 Å². The van der Waals surface area contributed by atoms with Gasteiger partial charge in [-0.25, -0.2) is 4.79 Å². The fraction of sp³-hybridized carbons (Fsp3) is 0.0909. The van der Waals surface area contributed by atoms with E-state index in [-0.39, 0.29) is 22.7 Å². The Labute approximate surface area is 165 Å². The predicted octanol–water partition coefficient (Wildman–Crippen LogP) is 6.03. The van der Waals surface area contributed by atoms with Gasteiger partial charge in [0.25, 0.3) is 0 Å². The van der Waals surface area contributed by atoms with Gasteiger partial charge in [0.1, 0.15) is 17.0 Å². The second-order valence-corrected chi connectivity index (χ2v) is 5.94. The summed E-state index contributed by atoms with van der Waals surface area (Å²) in [6, 6.07) is 18.2. The summed E-state index contributed by atoms with van der Waals surface area (Å²) in [6.45, 7) is 0. The molecule has 3 rings (SSSR count). The summed E-state index contributed by atoms with van der Waals surface area (Å²) >= 11 is 0. The van der Waals surface area contributed by atoms with Gasteiger partial charge in [0, 0.05) is 6.21 Å². The molecular formula is C22H16F3NO3. The Kier molecular flexibility index (Phi) is 5.97. The molecule has 0 radical (unpaired) electrons. The molecule has 7 heteroatoms. The van der Waals surface area contributed by atoms with Gasteiger partial charge in [-0.15, -0.1) is 0 Å². The second-order valence-electron chi connectivity index (χ2n) is 5.94. The van der Waals surface area contributed by atoms with Crippen molar-refractivity contribution in [3.05, 3.63) is 89.5 Å². The summed E-state index contributed by atoms with van der Waals surface area (Å²) in [5, 5.41) is 0. The molecule has 0 unspecified atom stereocenters. The quantitative estimate of drug-likeness (QED) is 0.388. The maximum Gasteiger partial charge on any atom is 0.416 e. The summed E-state index contributed by atoms with van der Waals surface area (Å²) in [6.07, 6.45) is -3.09. The Morgan fingerprint density at radius 2 is 1.62 bits per heavy atom. The standard InChI is InChI=1S/C22H16F3NO3/c1-28-21(27)17-9-5-6-10-19(17)29-20-12-11-16(22(23,24)25)13-18(20)26-14-15-7-3-2-4-8-15/h2-14H,1H3. The molecule has 0 aromatic heterocycles. The van der Waals surface area contributed by atoms with Crippen LogP contribution in [-0.2, 0) is 10.9 Å². The number of rotatable bonds is 5. The van der Waals surface area contributed by atoms with Crippen LogP contribution in [0, 0.1) is 0 Å². The van der Waals surface area contributed by atoms with Crippen LogP contribution < -0.4 is 4.74 Å². The average Bonchev–Trinajstić information content (AvgIpc) is 2.73. The first kappa shape index (κ1) is 20.1. The van der Waals surface area contributed by atoms with Gasteiger partial charge in [-0.3, -0.25) is 4.99 Å². The van der Waals surface area contributed by atoms with Crippen molar-refractivity contribution in [1.82, 2.24) is 0 Å². The molecule has 0 aliphatic heterocycles. The number of carbonyl (C=O) groups excluding carboxylic acids is 1. The van der Waals surface area contributed by atoms with E-state index in [9.17, 15) is 18.0 Å². The summed E-state index contributed by atoms with van der Waals surface area (Å²) in [5.41, 5.74) is -0.0200. The molecular weight excluding hydrogens is 383 g/mol. The third-order valence-corrected chi connectivity index (χ3v) is 3.95. The molecule has 4 nitrogen and oxygen atoms in total. The number of esters is 1.